The molecule has 0 fully saturated rings. The molecule has 2 rings (SSSR count). The van der Waals surface area contributed by atoms with Crippen LogP contribution in [0, 0.1) is 18.3 Å². The quantitative estimate of drug-likeness (QED) is 0.865. The molecule has 0 bridgehead atoms. The van der Waals surface area contributed by atoms with Gasteiger partial charge in [0.2, 0.25) is 0 Å². The number of nitriles is 1. The zero-order valence-corrected chi connectivity index (χ0v) is 11.4. The van der Waals surface area contributed by atoms with Crippen molar-refractivity contribution in [2.45, 2.75) is 13.5 Å². The first-order valence-electron chi connectivity index (χ1n) is 6.08. The summed E-state index contributed by atoms with van der Waals surface area (Å²) in [4.78, 5) is 11.7. The van der Waals surface area contributed by atoms with Crippen molar-refractivity contribution in [3.63, 3.8) is 0 Å². The van der Waals surface area contributed by atoms with Gasteiger partial charge >= 0.3 is 5.97 Å². The van der Waals surface area contributed by atoms with Crippen molar-refractivity contribution >= 4 is 11.7 Å². The predicted molar refractivity (Wildman–Crippen MR) is 75.2 cm³/mol. The van der Waals surface area contributed by atoms with Gasteiger partial charge in [-0.3, -0.25) is 0 Å². The molecule has 2 aromatic rings. The molecular formula is C15H15N3O2. The molecule has 1 aromatic carbocycles. The van der Waals surface area contributed by atoms with Gasteiger partial charge in [-0.25, -0.2) is 4.79 Å². The van der Waals surface area contributed by atoms with E-state index in [0.717, 1.165) is 11.1 Å². The van der Waals surface area contributed by atoms with Crippen LogP contribution >= 0.6 is 0 Å². The molecule has 2 N–H and O–H groups in total. The van der Waals surface area contributed by atoms with E-state index >= 15 is 0 Å². The molecule has 0 atom stereocenters. The second-order valence-electron chi connectivity index (χ2n) is 4.53. The summed E-state index contributed by atoms with van der Waals surface area (Å²) < 4.78 is 6.48. The van der Waals surface area contributed by atoms with E-state index in [-0.39, 0.29) is 0 Å². The second-order valence-corrected chi connectivity index (χ2v) is 4.53. The van der Waals surface area contributed by atoms with E-state index in [1.807, 2.05) is 19.1 Å². The van der Waals surface area contributed by atoms with Crippen LogP contribution in [0.4, 0.5) is 5.69 Å². The van der Waals surface area contributed by atoms with Crippen LogP contribution in [-0.4, -0.2) is 17.6 Å². The fourth-order valence-electron chi connectivity index (χ4n) is 2.07. The molecule has 0 saturated carbocycles. The molecule has 0 aliphatic rings. The first-order valence-corrected chi connectivity index (χ1v) is 6.08. The monoisotopic (exact) mass is 269 g/mol. The van der Waals surface area contributed by atoms with Gasteiger partial charge in [0.25, 0.3) is 0 Å². The average molecular weight is 269 g/mol. The molecule has 5 nitrogen and oxygen atoms in total. The summed E-state index contributed by atoms with van der Waals surface area (Å²) in [5.41, 5.74) is 9.29. The normalized spacial score (nSPS) is 10.1. The number of aryl methyl sites for hydroxylation is 1. The molecule has 0 amide bonds. The summed E-state index contributed by atoms with van der Waals surface area (Å²) in [5, 5.41) is 8.86. The lowest BCUT2D eigenvalue weighted by atomic mass is 10.1. The highest BCUT2D eigenvalue weighted by Gasteiger charge is 2.14. The van der Waals surface area contributed by atoms with Crippen LogP contribution in [0.15, 0.2) is 30.5 Å². The lowest BCUT2D eigenvalue weighted by Crippen LogP contribution is -2.11. The summed E-state index contributed by atoms with van der Waals surface area (Å²) in [7, 11) is 1.34. The molecule has 0 aliphatic heterocycles. The molecule has 0 unspecified atom stereocenters. The zero-order chi connectivity index (χ0) is 14.7. The Hall–Kier alpha value is -2.74. The van der Waals surface area contributed by atoms with Gasteiger partial charge in [0, 0.05) is 12.7 Å². The van der Waals surface area contributed by atoms with Gasteiger partial charge in [0.15, 0.2) is 0 Å². The molecule has 102 valence electrons. The third-order valence-corrected chi connectivity index (χ3v) is 3.12. The lowest BCUT2D eigenvalue weighted by molar-refractivity contribution is 0.0589. The number of carbonyl (C=O) groups is 1. The first kappa shape index (κ1) is 13.7. The number of aromatic nitrogens is 1. The number of nitrogens with two attached hydrogens (primary N) is 1. The van der Waals surface area contributed by atoms with Crippen LogP contribution in [0.1, 0.15) is 27.2 Å². The Labute approximate surface area is 117 Å². The van der Waals surface area contributed by atoms with Crippen molar-refractivity contribution in [2.75, 3.05) is 12.8 Å². The topological polar surface area (TPSA) is 81.0 Å². The standard InChI is InChI=1S/C15H15N3O2/c1-10-5-11(7-16)3-4-12(10)8-18-9-13(17)6-14(18)15(19)20-2/h3-6,9H,8,17H2,1-2H3. The number of esters is 1. The largest absolute Gasteiger partial charge is 0.464 e. The summed E-state index contributed by atoms with van der Waals surface area (Å²) in [6.07, 6.45) is 1.70. The number of carbonyl (C=O) groups excluding carboxylic acids is 1. The van der Waals surface area contributed by atoms with E-state index in [0.29, 0.717) is 23.5 Å². The first-order chi connectivity index (χ1) is 9.55. The molecule has 0 radical (unpaired) electrons. The minimum Gasteiger partial charge on any atom is -0.464 e. The van der Waals surface area contributed by atoms with Crippen molar-refractivity contribution in [3.05, 3.63) is 52.8 Å². The molecule has 5 heteroatoms. The van der Waals surface area contributed by atoms with Gasteiger partial charge in [-0.2, -0.15) is 5.26 Å². The van der Waals surface area contributed by atoms with Crippen LogP contribution in [0.5, 0.6) is 0 Å². The van der Waals surface area contributed by atoms with Crippen molar-refractivity contribution in [3.8, 4) is 6.07 Å². The van der Waals surface area contributed by atoms with Gasteiger partial charge < -0.3 is 15.0 Å². The van der Waals surface area contributed by atoms with Crippen LogP contribution in [0.25, 0.3) is 0 Å². The van der Waals surface area contributed by atoms with Crippen molar-refractivity contribution < 1.29 is 9.53 Å². The number of ether oxygens (including phenoxy) is 1. The van der Waals surface area contributed by atoms with E-state index in [4.69, 9.17) is 15.7 Å². The highest BCUT2D eigenvalue weighted by Crippen LogP contribution is 2.17. The summed E-state index contributed by atoms with van der Waals surface area (Å²) >= 11 is 0. The third-order valence-electron chi connectivity index (χ3n) is 3.12. The zero-order valence-electron chi connectivity index (χ0n) is 11.4. The Morgan fingerprint density at radius 2 is 2.20 bits per heavy atom. The molecule has 1 heterocycles. The smallest absolute Gasteiger partial charge is 0.354 e. The Kier molecular flexibility index (Phi) is 3.76. The van der Waals surface area contributed by atoms with E-state index in [1.54, 1.807) is 22.9 Å². The minimum atomic E-state index is -0.423. The lowest BCUT2D eigenvalue weighted by Gasteiger charge is -2.10. The SMILES string of the molecule is COC(=O)c1cc(N)cn1Cc1ccc(C#N)cc1C. The molecule has 0 saturated heterocycles. The summed E-state index contributed by atoms with van der Waals surface area (Å²) in [6, 6.07) is 9.15. The molecule has 0 aliphatic carbocycles. The minimum absolute atomic E-state index is 0.411. The molecular weight excluding hydrogens is 254 g/mol. The number of nitrogen functional groups attached to an aromatic ring is 1. The Morgan fingerprint density at radius 3 is 2.80 bits per heavy atom. The fraction of sp³-hybridized carbons (Fsp3) is 0.200. The fourth-order valence-corrected chi connectivity index (χ4v) is 2.07. The number of rotatable bonds is 3. The number of hydrogen-bond donors (Lipinski definition) is 1. The number of benzene rings is 1. The van der Waals surface area contributed by atoms with E-state index in [1.165, 1.54) is 7.11 Å². The van der Waals surface area contributed by atoms with Gasteiger partial charge in [0.1, 0.15) is 5.69 Å². The van der Waals surface area contributed by atoms with E-state index < -0.39 is 5.97 Å². The number of hydrogen-bond acceptors (Lipinski definition) is 4. The maximum Gasteiger partial charge on any atom is 0.354 e. The Morgan fingerprint density at radius 1 is 1.45 bits per heavy atom. The summed E-state index contributed by atoms with van der Waals surface area (Å²) in [6.45, 7) is 2.43. The third kappa shape index (κ3) is 2.64. The van der Waals surface area contributed by atoms with E-state index in [9.17, 15) is 4.79 Å². The van der Waals surface area contributed by atoms with Crippen molar-refractivity contribution in [2.24, 2.45) is 0 Å². The van der Waals surface area contributed by atoms with Crippen LogP contribution in [0.3, 0.4) is 0 Å². The average Bonchev–Trinajstić information content (AvgIpc) is 2.81. The number of anilines is 1. The van der Waals surface area contributed by atoms with Gasteiger partial charge in [0.05, 0.1) is 24.4 Å². The number of nitrogens with zero attached hydrogens (tertiary/aromatic N) is 2. The van der Waals surface area contributed by atoms with Crippen LogP contribution < -0.4 is 5.73 Å². The molecule has 1 aromatic heterocycles. The van der Waals surface area contributed by atoms with Gasteiger partial charge in [-0.1, -0.05) is 6.07 Å². The maximum absolute atomic E-state index is 11.7. The van der Waals surface area contributed by atoms with E-state index in [2.05, 4.69) is 6.07 Å². The van der Waals surface area contributed by atoms with Gasteiger partial charge in [-0.15, -0.1) is 0 Å². The summed E-state index contributed by atoms with van der Waals surface area (Å²) in [5.74, 6) is -0.423. The van der Waals surface area contributed by atoms with Crippen LogP contribution in [0.2, 0.25) is 0 Å². The predicted octanol–water partition coefficient (Wildman–Crippen LogP) is 2.09. The Bertz CT molecular complexity index is 696. The highest BCUT2D eigenvalue weighted by atomic mass is 16.5. The molecule has 20 heavy (non-hydrogen) atoms. The molecule has 0 spiro atoms. The highest BCUT2D eigenvalue weighted by molar-refractivity contribution is 5.89. The second kappa shape index (κ2) is 5.49. The van der Waals surface area contributed by atoms with Gasteiger partial charge in [-0.05, 0) is 36.2 Å². The maximum atomic E-state index is 11.7. The Balaban J connectivity index is 2.35. The van der Waals surface area contributed by atoms with Crippen molar-refractivity contribution in [1.82, 2.24) is 4.57 Å². The van der Waals surface area contributed by atoms with Crippen molar-refractivity contribution in [1.29, 1.82) is 5.26 Å². The van der Waals surface area contributed by atoms with Crippen LogP contribution in [-0.2, 0) is 11.3 Å². The number of methoxy groups -OCH3 is 1.